The molecule has 2 heterocycles. The molecule has 7 N–H and O–H groups in total. The molecular formula is C56H91N7O12. The number of nitrogens with one attached hydrogen (secondary N) is 6. The van der Waals surface area contributed by atoms with Crippen molar-refractivity contribution < 1.29 is 57.6 Å². The largest absolute Gasteiger partial charge is 0.443 e. The Bertz CT molecular complexity index is 2150. The van der Waals surface area contributed by atoms with Gasteiger partial charge in [0.25, 0.3) is 0 Å². The van der Waals surface area contributed by atoms with Crippen molar-refractivity contribution in [2.24, 2.45) is 34.5 Å². The third-order valence-electron chi connectivity index (χ3n) is 15.2. The van der Waals surface area contributed by atoms with E-state index in [1.165, 1.54) is 10.5 Å². The number of ether oxygens (including phenoxy) is 4. The van der Waals surface area contributed by atoms with Gasteiger partial charge in [-0.15, -0.1) is 0 Å². The van der Waals surface area contributed by atoms with Gasteiger partial charge in [-0.2, -0.15) is 0 Å². The number of allylic oxidation sites excluding steroid dienone is 1. The monoisotopic (exact) mass is 1050 g/mol. The van der Waals surface area contributed by atoms with Crippen molar-refractivity contribution in [2.75, 3.05) is 53.5 Å². The number of carbonyl (C=O) groups is 7. The first kappa shape index (κ1) is 62.4. The van der Waals surface area contributed by atoms with Gasteiger partial charge in [0.1, 0.15) is 35.5 Å². The number of epoxide rings is 2. The molecular weight excluding hydrogens is 963 g/mol. The minimum absolute atomic E-state index is 0.0105. The highest BCUT2D eigenvalue weighted by Crippen LogP contribution is 2.59. The van der Waals surface area contributed by atoms with Gasteiger partial charge in [-0.05, 0) is 89.5 Å². The summed E-state index contributed by atoms with van der Waals surface area (Å²) in [6.45, 7) is 22.9. The first-order valence-corrected chi connectivity index (χ1v) is 26.9. The van der Waals surface area contributed by atoms with Gasteiger partial charge in [0, 0.05) is 51.0 Å². The van der Waals surface area contributed by atoms with Crippen molar-refractivity contribution in [1.29, 1.82) is 0 Å². The van der Waals surface area contributed by atoms with Crippen LogP contribution in [0.15, 0.2) is 42.0 Å². The second-order valence-electron chi connectivity index (χ2n) is 23.4. The second-order valence-corrected chi connectivity index (χ2v) is 23.4. The van der Waals surface area contributed by atoms with Crippen LogP contribution >= 0.6 is 0 Å². The minimum atomic E-state index is -1.15. The van der Waals surface area contributed by atoms with Crippen LogP contribution in [0.2, 0.25) is 0 Å². The Balaban J connectivity index is 1.32. The van der Waals surface area contributed by atoms with E-state index in [0.717, 1.165) is 12.0 Å². The van der Waals surface area contributed by atoms with E-state index in [4.69, 9.17) is 18.9 Å². The van der Waals surface area contributed by atoms with E-state index < -0.39 is 95.5 Å². The maximum Gasteiger partial charge on any atom is 0.409 e. The lowest BCUT2D eigenvalue weighted by Gasteiger charge is -2.43. The van der Waals surface area contributed by atoms with Gasteiger partial charge >= 0.3 is 6.09 Å². The first-order chi connectivity index (χ1) is 35.1. The van der Waals surface area contributed by atoms with Gasteiger partial charge in [0.2, 0.25) is 35.4 Å². The van der Waals surface area contributed by atoms with E-state index in [2.05, 4.69) is 58.7 Å². The topological polar surface area (TPSA) is 259 Å². The molecule has 1 aromatic rings. The number of aliphatic hydroxyl groups is 1. The van der Waals surface area contributed by atoms with Gasteiger partial charge < -0.3 is 60.9 Å². The molecule has 11 atom stereocenters. The number of benzene rings is 1. The van der Waals surface area contributed by atoms with E-state index in [1.807, 2.05) is 54.5 Å². The van der Waals surface area contributed by atoms with Crippen LogP contribution in [0.3, 0.4) is 0 Å². The fraction of sp³-hybridized carbons (Fsp3) is 0.732. The molecule has 19 heteroatoms. The fourth-order valence-corrected chi connectivity index (χ4v) is 10.7. The average molecular weight is 1050 g/mol. The molecule has 0 bridgehead atoms. The summed E-state index contributed by atoms with van der Waals surface area (Å²) in [7, 11) is 3.19. The summed E-state index contributed by atoms with van der Waals surface area (Å²) in [6, 6.07) is 6.81. The molecule has 1 saturated carbocycles. The predicted molar refractivity (Wildman–Crippen MR) is 285 cm³/mol. The smallest absolute Gasteiger partial charge is 0.409 e. The molecule has 4 rings (SSSR count). The second kappa shape index (κ2) is 27.3. The number of methoxy groups -OCH3 is 1. The molecule has 75 heavy (non-hydrogen) atoms. The summed E-state index contributed by atoms with van der Waals surface area (Å²) < 4.78 is 24.4. The zero-order valence-electron chi connectivity index (χ0n) is 47.3. The normalized spacial score (nSPS) is 24.6. The zero-order valence-corrected chi connectivity index (χ0v) is 47.3. The van der Waals surface area contributed by atoms with Gasteiger partial charge in [-0.3, -0.25) is 28.8 Å². The lowest BCUT2D eigenvalue weighted by Crippen LogP contribution is -2.57. The maximum absolute atomic E-state index is 14.1. The molecule has 3 aliphatic rings. The lowest BCUT2D eigenvalue weighted by molar-refractivity contribution is -0.142. The van der Waals surface area contributed by atoms with Crippen LogP contribution < -0.4 is 31.9 Å². The van der Waals surface area contributed by atoms with E-state index in [-0.39, 0.29) is 80.2 Å². The third-order valence-corrected chi connectivity index (χ3v) is 15.2. The summed E-state index contributed by atoms with van der Waals surface area (Å²) in [5.41, 5.74) is -0.956. The summed E-state index contributed by atoms with van der Waals surface area (Å²) in [5.74, 6) is -3.41. The summed E-state index contributed by atoms with van der Waals surface area (Å²) in [6.07, 6.45) is 2.87. The minimum Gasteiger partial charge on any atom is -0.443 e. The number of amides is 7. The lowest BCUT2D eigenvalue weighted by atomic mass is 9.64. The van der Waals surface area contributed by atoms with E-state index in [1.54, 1.807) is 52.3 Å². The van der Waals surface area contributed by atoms with Crippen LogP contribution in [0, 0.1) is 34.5 Å². The van der Waals surface area contributed by atoms with E-state index in [9.17, 15) is 38.7 Å². The van der Waals surface area contributed by atoms with Crippen molar-refractivity contribution in [1.82, 2.24) is 36.8 Å². The molecule has 1 aliphatic carbocycles. The molecule has 0 aromatic heterocycles. The molecule has 2 aliphatic heterocycles. The SMILES string of the molecule is COC1C(OC(=O)N(C)CCNC(=O)CNC(=O)[C@H](CC(C)C)NC(=O)[C@H](Cc2ccccc2)NC(=O)CNC(=O)C(C)(CC(C)(CC(C)C)C(=O)NCC(C)O)C(C)C)CC[C@]2(CO2)C1C1(C)O[C@@H]1CC=C(C)C. The van der Waals surface area contributed by atoms with Crippen LogP contribution in [0.25, 0.3) is 0 Å². The number of likely N-dealkylation sites (N-methyl/N-ethyl adjacent to an activating group) is 1. The third kappa shape index (κ3) is 17.7. The highest BCUT2D eigenvalue weighted by molar-refractivity contribution is 5.95. The number of hydrogen-bond acceptors (Lipinski definition) is 12. The molecule has 7 unspecified atom stereocenters. The quantitative estimate of drug-likeness (QED) is 0.0437. The fourth-order valence-electron chi connectivity index (χ4n) is 10.7. The molecule has 0 radical (unpaired) electrons. The predicted octanol–water partition coefficient (Wildman–Crippen LogP) is 4.34. The van der Waals surface area contributed by atoms with Crippen LogP contribution in [-0.4, -0.2) is 153 Å². The molecule has 1 spiro atoms. The summed E-state index contributed by atoms with van der Waals surface area (Å²) in [4.78, 5) is 96.8. The number of hydrogen-bond donors (Lipinski definition) is 7. The zero-order chi connectivity index (χ0) is 56.1. The molecule has 2 saturated heterocycles. The highest BCUT2D eigenvalue weighted by Gasteiger charge is 2.72. The van der Waals surface area contributed by atoms with Crippen LogP contribution in [-0.2, 0) is 54.1 Å². The number of aliphatic hydroxyl groups excluding tert-OH is 1. The van der Waals surface area contributed by atoms with Crippen molar-refractivity contribution in [3.63, 3.8) is 0 Å². The van der Waals surface area contributed by atoms with Crippen molar-refractivity contribution in [3.8, 4) is 0 Å². The van der Waals surface area contributed by atoms with Crippen molar-refractivity contribution in [2.45, 2.75) is 176 Å². The maximum atomic E-state index is 14.1. The van der Waals surface area contributed by atoms with E-state index in [0.29, 0.717) is 25.9 Å². The Kier molecular flexibility index (Phi) is 22.7. The molecule has 3 fully saturated rings. The molecule has 19 nitrogen and oxygen atoms in total. The molecule has 1 aromatic carbocycles. The average Bonchev–Trinajstić information content (AvgIpc) is 4.26. The van der Waals surface area contributed by atoms with Gasteiger partial charge in [-0.1, -0.05) is 97.4 Å². The Labute approximate surface area is 445 Å². The van der Waals surface area contributed by atoms with E-state index >= 15 is 0 Å². The standard InChI is InChI=1S/C56H91N7O12/c1-34(2)20-21-43-55(12,75-43)47-46(72-14)42(22-23-56(47)33-73-56)74-52(71)63(13)25-24-57-44(65)30-58-48(67)40(26-35(3)4)62-49(68)41(27-39-18-16-15-17-19-39)61-45(66)31-60-51(70)54(11,37(7)8)32-53(10,28-36(5)6)50(69)59-29-38(9)64/h15-20,35-38,40-43,46-47,64H,21-33H2,1-14H3,(H,57,65)(H,58,67)(H,59,69)(H,60,70)(H,61,66)(H,62,68)/t38?,40-,41-,42?,43+,46?,47?,53?,54?,55?,56-/m0/s1. The van der Waals surface area contributed by atoms with Crippen LogP contribution in [0.5, 0.6) is 0 Å². The van der Waals surface area contributed by atoms with Crippen LogP contribution in [0.1, 0.15) is 127 Å². The Morgan fingerprint density at radius 2 is 1.52 bits per heavy atom. The molecule has 422 valence electrons. The first-order valence-electron chi connectivity index (χ1n) is 26.9. The highest BCUT2D eigenvalue weighted by atomic mass is 16.6. The Hall–Kier alpha value is -5.11. The van der Waals surface area contributed by atoms with Crippen molar-refractivity contribution in [3.05, 3.63) is 47.5 Å². The van der Waals surface area contributed by atoms with Crippen LogP contribution in [0.4, 0.5) is 4.79 Å². The summed E-state index contributed by atoms with van der Waals surface area (Å²) in [5, 5.41) is 26.3. The Morgan fingerprint density at radius 1 is 0.867 bits per heavy atom. The van der Waals surface area contributed by atoms with Gasteiger partial charge in [0.15, 0.2) is 0 Å². The number of carbonyl (C=O) groups excluding carboxylic acids is 7. The molecule has 7 amide bonds. The number of nitrogens with zero attached hydrogens (tertiary/aromatic N) is 1. The summed E-state index contributed by atoms with van der Waals surface area (Å²) >= 11 is 0. The number of rotatable bonds is 29. The van der Waals surface area contributed by atoms with Gasteiger partial charge in [0.05, 0.1) is 37.8 Å². The van der Waals surface area contributed by atoms with Gasteiger partial charge in [-0.25, -0.2) is 4.79 Å². The van der Waals surface area contributed by atoms with Crippen molar-refractivity contribution >= 4 is 41.5 Å². The Morgan fingerprint density at radius 3 is 2.09 bits per heavy atom.